The second kappa shape index (κ2) is 10.6. The van der Waals surface area contributed by atoms with Gasteiger partial charge in [0.1, 0.15) is 11.6 Å². The van der Waals surface area contributed by atoms with Gasteiger partial charge in [-0.1, -0.05) is 30.3 Å². The molecule has 2 unspecified atom stereocenters. The molecule has 0 radical (unpaired) electrons. The molecule has 1 aromatic heterocycles. The predicted molar refractivity (Wildman–Crippen MR) is 118 cm³/mol. The molecule has 148 valence electrons. The number of nitrogens with one attached hydrogen (secondary N) is 2. The van der Waals surface area contributed by atoms with Crippen molar-refractivity contribution in [2.45, 2.75) is 51.8 Å². The Kier molecular flexibility index (Phi) is 8.49. The van der Waals surface area contributed by atoms with E-state index < -0.39 is 6.10 Å². The summed E-state index contributed by atoms with van der Waals surface area (Å²) in [5.41, 5.74) is 1.12. The van der Waals surface area contributed by atoms with Crippen LogP contribution in [0.3, 0.4) is 0 Å². The minimum absolute atomic E-state index is 0. The molecule has 27 heavy (non-hydrogen) atoms. The predicted octanol–water partition coefficient (Wildman–Crippen LogP) is 1.68. The highest BCUT2D eigenvalue weighted by molar-refractivity contribution is 14.0. The summed E-state index contributed by atoms with van der Waals surface area (Å²) in [6.45, 7) is 5.89. The van der Waals surface area contributed by atoms with Crippen LogP contribution in [0.15, 0.2) is 35.3 Å². The van der Waals surface area contributed by atoms with Gasteiger partial charge in [-0.3, -0.25) is 4.99 Å². The van der Waals surface area contributed by atoms with Gasteiger partial charge in [-0.05, 0) is 25.8 Å². The zero-order valence-electron chi connectivity index (χ0n) is 15.9. The zero-order chi connectivity index (χ0) is 18.4. The lowest BCUT2D eigenvalue weighted by Crippen LogP contribution is -2.47. The molecule has 0 bridgehead atoms. The van der Waals surface area contributed by atoms with E-state index in [9.17, 15) is 5.11 Å². The average molecular weight is 484 g/mol. The van der Waals surface area contributed by atoms with E-state index in [4.69, 9.17) is 0 Å². The summed E-state index contributed by atoms with van der Waals surface area (Å²) < 4.78 is 1.98. The lowest BCUT2D eigenvalue weighted by Gasteiger charge is -2.25. The Morgan fingerprint density at radius 3 is 2.89 bits per heavy atom. The van der Waals surface area contributed by atoms with E-state index in [0.29, 0.717) is 13.0 Å². The minimum atomic E-state index is -0.497. The number of aryl methyl sites for hydroxylation is 2. The number of fused-ring (bicyclic) bond motifs is 1. The summed E-state index contributed by atoms with van der Waals surface area (Å²) in [6, 6.07) is 10.3. The monoisotopic (exact) mass is 484 g/mol. The number of benzene rings is 1. The molecule has 2 aromatic rings. The van der Waals surface area contributed by atoms with Crippen molar-refractivity contribution in [3.05, 3.63) is 47.5 Å². The Hall–Kier alpha value is -1.68. The number of rotatable bonds is 6. The standard InChI is InChI=1S/C19H28N6O.HI/c1-3-20-19(21-12-17(26)11-15-7-5-4-6-8-15)23-16-9-10-18-22-14(2)24-25(18)13-16;/h4-8,16-17,26H,3,9-13H2,1-2H3,(H2,20,21,23);1H. The lowest BCUT2D eigenvalue weighted by atomic mass is 10.1. The van der Waals surface area contributed by atoms with Gasteiger partial charge in [0.05, 0.1) is 19.2 Å². The molecule has 7 nitrogen and oxygen atoms in total. The van der Waals surface area contributed by atoms with E-state index in [0.717, 1.165) is 49.1 Å². The van der Waals surface area contributed by atoms with Gasteiger partial charge in [-0.2, -0.15) is 5.10 Å². The molecule has 1 aliphatic heterocycles. The maximum absolute atomic E-state index is 10.3. The summed E-state index contributed by atoms with van der Waals surface area (Å²) in [5.74, 6) is 2.62. The molecule has 0 aliphatic carbocycles. The molecule has 0 amide bonds. The van der Waals surface area contributed by atoms with E-state index in [1.165, 1.54) is 0 Å². The average Bonchev–Trinajstić information content (AvgIpc) is 3.00. The number of nitrogens with zero attached hydrogens (tertiary/aromatic N) is 4. The highest BCUT2D eigenvalue weighted by Crippen LogP contribution is 2.12. The summed E-state index contributed by atoms with van der Waals surface area (Å²) in [4.78, 5) is 9.01. The third-order valence-corrected chi connectivity index (χ3v) is 4.42. The molecule has 3 N–H and O–H groups in total. The first kappa shape index (κ1) is 21.6. The summed E-state index contributed by atoms with van der Waals surface area (Å²) in [7, 11) is 0. The van der Waals surface area contributed by atoms with E-state index in [1.807, 2.05) is 48.9 Å². The number of aliphatic hydroxyl groups is 1. The van der Waals surface area contributed by atoms with Crippen LogP contribution in [0.4, 0.5) is 0 Å². The van der Waals surface area contributed by atoms with Crippen LogP contribution in [0.1, 0.15) is 30.6 Å². The maximum atomic E-state index is 10.3. The molecule has 1 aromatic carbocycles. The fourth-order valence-corrected chi connectivity index (χ4v) is 3.21. The minimum Gasteiger partial charge on any atom is -0.391 e. The van der Waals surface area contributed by atoms with E-state index in [2.05, 4.69) is 25.7 Å². The number of aliphatic hydroxyl groups excluding tert-OH is 1. The summed E-state index contributed by atoms with van der Waals surface area (Å²) >= 11 is 0. The SMILES string of the molecule is CCNC(=NCC(O)Cc1ccccc1)NC1CCc2nc(C)nn2C1.I. The molecule has 0 saturated heterocycles. The van der Waals surface area contributed by atoms with Crippen molar-refractivity contribution in [2.24, 2.45) is 4.99 Å². The lowest BCUT2D eigenvalue weighted by molar-refractivity contribution is 0.183. The van der Waals surface area contributed by atoms with Gasteiger partial charge in [0.2, 0.25) is 0 Å². The Morgan fingerprint density at radius 2 is 2.15 bits per heavy atom. The quantitative estimate of drug-likeness (QED) is 0.330. The summed E-state index contributed by atoms with van der Waals surface area (Å²) in [6.07, 6.45) is 2.02. The smallest absolute Gasteiger partial charge is 0.191 e. The van der Waals surface area contributed by atoms with Gasteiger partial charge in [0.25, 0.3) is 0 Å². The van der Waals surface area contributed by atoms with Crippen molar-refractivity contribution < 1.29 is 5.11 Å². The van der Waals surface area contributed by atoms with Gasteiger partial charge in [-0.15, -0.1) is 24.0 Å². The first-order valence-electron chi connectivity index (χ1n) is 9.31. The number of hydrogen-bond acceptors (Lipinski definition) is 4. The van der Waals surface area contributed by atoms with Crippen molar-refractivity contribution in [3.63, 3.8) is 0 Å². The Bertz CT molecular complexity index is 733. The number of aliphatic imine (C=N–C) groups is 1. The highest BCUT2D eigenvalue weighted by Gasteiger charge is 2.21. The summed E-state index contributed by atoms with van der Waals surface area (Å²) in [5, 5.41) is 21.4. The molecule has 0 spiro atoms. The van der Waals surface area contributed by atoms with Crippen molar-refractivity contribution in [1.82, 2.24) is 25.4 Å². The zero-order valence-corrected chi connectivity index (χ0v) is 18.3. The van der Waals surface area contributed by atoms with Gasteiger partial charge >= 0.3 is 0 Å². The molecule has 3 rings (SSSR count). The van der Waals surface area contributed by atoms with Crippen LogP contribution < -0.4 is 10.6 Å². The molecule has 8 heteroatoms. The third-order valence-electron chi connectivity index (χ3n) is 4.42. The van der Waals surface area contributed by atoms with E-state index in [-0.39, 0.29) is 30.0 Å². The maximum Gasteiger partial charge on any atom is 0.191 e. The van der Waals surface area contributed by atoms with Crippen LogP contribution in [0.25, 0.3) is 0 Å². The van der Waals surface area contributed by atoms with Crippen LogP contribution in [0.5, 0.6) is 0 Å². The number of guanidine groups is 1. The topological polar surface area (TPSA) is 87.4 Å². The van der Waals surface area contributed by atoms with Gasteiger partial charge in [0.15, 0.2) is 5.96 Å². The molecular formula is C19H29IN6O. The molecule has 0 fully saturated rings. The van der Waals surface area contributed by atoms with Crippen molar-refractivity contribution >= 4 is 29.9 Å². The largest absolute Gasteiger partial charge is 0.391 e. The second-order valence-corrected chi connectivity index (χ2v) is 6.70. The first-order valence-corrected chi connectivity index (χ1v) is 9.31. The van der Waals surface area contributed by atoms with Crippen LogP contribution in [-0.4, -0.2) is 51.1 Å². The highest BCUT2D eigenvalue weighted by atomic mass is 127. The van der Waals surface area contributed by atoms with E-state index in [1.54, 1.807) is 0 Å². The van der Waals surface area contributed by atoms with Crippen molar-refractivity contribution in [3.8, 4) is 0 Å². The number of halogens is 1. The normalized spacial score (nSPS) is 17.6. The van der Waals surface area contributed by atoms with E-state index >= 15 is 0 Å². The van der Waals surface area contributed by atoms with Crippen LogP contribution >= 0.6 is 24.0 Å². The number of hydrogen-bond donors (Lipinski definition) is 3. The van der Waals surface area contributed by atoms with Gasteiger partial charge in [-0.25, -0.2) is 9.67 Å². The Labute approximate surface area is 177 Å². The number of aromatic nitrogens is 3. The van der Waals surface area contributed by atoms with Gasteiger partial charge in [0, 0.05) is 25.4 Å². The third kappa shape index (κ3) is 6.46. The molecule has 1 aliphatic rings. The van der Waals surface area contributed by atoms with Crippen molar-refractivity contribution in [2.75, 3.05) is 13.1 Å². The first-order chi connectivity index (χ1) is 12.6. The Morgan fingerprint density at radius 1 is 1.37 bits per heavy atom. The van der Waals surface area contributed by atoms with Crippen LogP contribution in [-0.2, 0) is 19.4 Å². The fourth-order valence-electron chi connectivity index (χ4n) is 3.21. The molecule has 2 heterocycles. The second-order valence-electron chi connectivity index (χ2n) is 6.70. The Balaban J connectivity index is 0.00000261. The molecular weight excluding hydrogens is 455 g/mol. The van der Waals surface area contributed by atoms with Crippen LogP contribution in [0, 0.1) is 6.92 Å². The van der Waals surface area contributed by atoms with Gasteiger partial charge < -0.3 is 15.7 Å². The molecule has 0 saturated carbocycles. The van der Waals surface area contributed by atoms with Crippen molar-refractivity contribution in [1.29, 1.82) is 0 Å². The fraction of sp³-hybridized carbons (Fsp3) is 0.526. The van der Waals surface area contributed by atoms with Crippen LogP contribution in [0.2, 0.25) is 0 Å². The molecule has 2 atom stereocenters.